The van der Waals surface area contributed by atoms with Crippen LogP contribution in [0.5, 0.6) is 0 Å². The molecule has 0 radical (unpaired) electrons. The van der Waals surface area contributed by atoms with Crippen molar-refractivity contribution < 1.29 is 0 Å². The molecule has 0 atom stereocenters. The Morgan fingerprint density at radius 2 is 1.27 bits per heavy atom. The summed E-state index contributed by atoms with van der Waals surface area (Å²) in [6.45, 7) is 0. The Balaban J connectivity index is 1.87. The molecule has 124 valence electrons. The first-order chi connectivity index (χ1) is 12.8. The van der Waals surface area contributed by atoms with Crippen molar-refractivity contribution in [2.45, 2.75) is 0 Å². The van der Waals surface area contributed by atoms with Gasteiger partial charge in [0.1, 0.15) is 0 Å². The maximum Gasteiger partial charge on any atom is 0.0552 e. The lowest BCUT2D eigenvalue weighted by Gasteiger charge is -2.08. The number of para-hydroxylation sites is 1. The molecule has 0 amide bonds. The van der Waals surface area contributed by atoms with Gasteiger partial charge in [0.05, 0.1) is 11.0 Å². The number of rotatable bonds is 2. The summed E-state index contributed by atoms with van der Waals surface area (Å²) in [6.07, 6.45) is 0. The lowest BCUT2D eigenvalue weighted by atomic mass is 10.0. The van der Waals surface area contributed by atoms with Crippen molar-refractivity contribution in [3.8, 4) is 16.8 Å². The number of hydrogen-bond donors (Lipinski definition) is 0. The topological polar surface area (TPSA) is 4.93 Å². The highest BCUT2D eigenvalue weighted by atomic mass is 79.9. The fourth-order valence-electron chi connectivity index (χ4n) is 3.66. The summed E-state index contributed by atoms with van der Waals surface area (Å²) in [5.41, 5.74) is 6.10. The van der Waals surface area contributed by atoms with Crippen molar-refractivity contribution in [1.82, 2.24) is 4.57 Å². The molecule has 2 heteroatoms. The molecule has 1 aromatic heterocycles. The molecule has 0 saturated carbocycles. The van der Waals surface area contributed by atoms with Gasteiger partial charge in [-0.05, 0) is 47.5 Å². The van der Waals surface area contributed by atoms with Crippen LogP contribution in [0.15, 0.2) is 102 Å². The zero-order valence-corrected chi connectivity index (χ0v) is 15.6. The molecule has 0 aliphatic heterocycles. The van der Waals surface area contributed by atoms with Crippen molar-refractivity contribution >= 4 is 37.7 Å². The van der Waals surface area contributed by atoms with E-state index in [2.05, 4.69) is 118 Å². The molecule has 1 nitrogen and oxygen atoms in total. The molecular weight excluding hydrogens is 382 g/mol. The van der Waals surface area contributed by atoms with Gasteiger partial charge in [0, 0.05) is 20.9 Å². The highest BCUT2D eigenvalue weighted by Crippen LogP contribution is 2.35. The van der Waals surface area contributed by atoms with Crippen LogP contribution in [0.2, 0.25) is 0 Å². The van der Waals surface area contributed by atoms with E-state index in [0.717, 1.165) is 4.47 Å². The Kier molecular flexibility index (Phi) is 3.65. The van der Waals surface area contributed by atoms with E-state index in [9.17, 15) is 0 Å². The van der Waals surface area contributed by atoms with Gasteiger partial charge in [-0.2, -0.15) is 0 Å². The van der Waals surface area contributed by atoms with Crippen LogP contribution in [0.4, 0.5) is 0 Å². The first kappa shape index (κ1) is 15.4. The van der Waals surface area contributed by atoms with E-state index in [1.165, 1.54) is 38.6 Å². The quantitative estimate of drug-likeness (QED) is 0.296. The number of hydrogen-bond acceptors (Lipinski definition) is 0. The van der Waals surface area contributed by atoms with E-state index in [0.29, 0.717) is 0 Å². The fraction of sp³-hybridized carbons (Fsp3) is 0. The van der Waals surface area contributed by atoms with Gasteiger partial charge in [-0.25, -0.2) is 0 Å². The van der Waals surface area contributed by atoms with E-state index in [1.54, 1.807) is 0 Å². The lowest BCUT2D eigenvalue weighted by Crippen LogP contribution is -1.93. The fourth-order valence-corrected chi connectivity index (χ4v) is 4.01. The maximum absolute atomic E-state index is 3.63. The lowest BCUT2D eigenvalue weighted by molar-refractivity contribution is 1.18. The maximum atomic E-state index is 3.63. The van der Waals surface area contributed by atoms with Crippen LogP contribution in [-0.4, -0.2) is 4.57 Å². The van der Waals surface area contributed by atoms with Crippen LogP contribution in [0.25, 0.3) is 38.6 Å². The summed E-state index contributed by atoms with van der Waals surface area (Å²) in [5.74, 6) is 0. The molecule has 0 fully saturated rings. The Morgan fingerprint density at radius 3 is 2.04 bits per heavy atom. The second-order valence-electron chi connectivity index (χ2n) is 6.43. The van der Waals surface area contributed by atoms with E-state index >= 15 is 0 Å². The van der Waals surface area contributed by atoms with Gasteiger partial charge in [0.25, 0.3) is 0 Å². The highest BCUT2D eigenvalue weighted by molar-refractivity contribution is 9.10. The van der Waals surface area contributed by atoms with Crippen molar-refractivity contribution in [2.24, 2.45) is 0 Å². The van der Waals surface area contributed by atoms with Crippen LogP contribution in [0, 0.1) is 0 Å². The second-order valence-corrected chi connectivity index (χ2v) is 7.35. The minimum absolute atomic E-state index is 1.09. The molecular formula is C24H16BrN. The van der Waals surface area contributed by atoms with Gasteiger partial charge in [0.2, 0.25) is 0 Å². The largest absolute Gasteiger partial charge is 0.309 e. The number of fused-ring (bicyclic) bond motifs is 3. The van der Waals surface area contributed by atoms with Gasteiger partial charge >= 0.3 is 0 Å². The third-order valence-electron chi connectivity index (χ3n) is 4.85. The molecule has 0 spiro atoms. The summed E-state index contributed by atoms with van der Waals surface area (Å²) >= 11 is 3.63. The first-order valence-electron chi connectivity index (χ1n) is 8.66. The third kappa shape index (κ3) is 2.46. The van der Waals surface area contributed by atoms with Crippen LogP contribution in [-0.2, 0) is 0 Å². The zero-order valence-electron chi connectivity index (χ0n) is 14.1. The molecule has 26 heavy (non-hydrogen) atoms. The molecule has 0 aliphatic rings. The van der Waals surface area contributed by atoms with E-state index < -0.39 is 0 Å². The second kappa shape index (κ2) is 6.15. The monoisotopic (exact) mass is 397 g/mol. The molecule has 0 unspecified atom stereocenters. The minimum Gasteiger partial charge on any atom is -0.309 e. The summed E-state index contributed by atoms with van der Waals surface area (Å²) in [7, 11) is 0. The zero-order chi connectivity index (χ0) is 17.5. The van der Waals surface area contributed by atoms with Gasteiger partial charge in [-0.3, -0.25) is 0 Å². The minimum atomic E-state index is 1.09. The van der Waals surface area contributed by atoms with E-state index in [-0.39, 0.29) is 0 Å². The van der Waals surface area contributed by atoms with E-state index in [1.807, 2.05) is 0 Å². The Labute approximate surface area is 160 Å². The van der Waals surface area contributed by atoms with Crippen LogP contribution in [0.3, 0.4) is 0 Å². The van der Waals surface area contributed by atoms with Crippen molar-refractivity contribution in [3.05, 3.63) is 102 Å². The average molecular weight is 398 g/mol. The summed E-state index contributed by atoms with van der Waals surface area (Å²) < 4.78 is 3.43. The molecule has 5 aromatic rings. The van der Waals surface area contributed by atoms with Crippen molar-refractivity contribution in [3.63, 3.8) is 0 Å². The standard InChI is InChI=1S/C24H16BrN/c25-19-12-13-21-22-15-18(17-7-3-1-4-8-17)11-14-23(22)26(24(21)16-19)20-9-5-2-6-10-20/h1-16H. The van der Waals surface area contributed by atoms with Crippen LogP contribution in [0.1, 0.15) is 0 Å². The summed E-state index contributed by atoms with van der Waals surface area (Å²) in [5, 5.41) is 2.54. The van der Waals surface area contributed by atoms with Gasteiger partial charge in [-0.15, -0.1) is 0 Å². The predicted octanol–water partition coefficient (Wildman–Crippen LogP) is 7.21. The first-order valence-corrected chi connectivity index (χ1v) is 9.45. The highest BCUT2D eigenvalue weighted by Gasteiger charge is 2.13. The average Bonchev–Trinajstić information content (AvgIpc) is 3.02. The molecule has 1 heterocycles. The normalized spacial score (nSPS) is 11.3. The van der Waals surface area contributed by atoms with Gasteiger partial charge in [0.15, 0.2) is 0 Å². The molecule has 0 N–H and O–H groups in total. The number of benzene rings is 4. The Morgan fingerprint density at radius 1 is 0.538 bits per heavy atom. The SMILES string of the molecule is Brc1ccc2c3cc(-c4ccccc4)ccc3n(-c3ccccc3)c2c1. The van der Waals surface area contributed by atoms with Gasteiger partial charge < -0.3 is 4.57 Å². The molecule has 0 aliphatic carbocycles. The molecule has 0 saturated heterocycles. The number of nitrogens with zero attached hydrogens (tertiary/aromatic N) is 1. The molecule has 4 aromatic carbocycles. The predicted molar refractivity (Wildman–Crippen MR) is 114 cm³/mol. The summed E-state index contributed by atoms with van der Waals surface area (Å²) in [6, 6.07) is 34.4. The number of halogens is 1. The number of aromatic nitrogens is 1. The smallest absolute Gasteiger partial charge is 0.0552 e. The van der Waals surface area contributed by atoms with Crippen LogP contribution >= 0.6 is 15.9 Å². The Hall–Kier alpha value is -2.84. The van der Waals surface area contributed by atoms with Crippen LogP contribution < -0.4 is 0 Å². The van der Waals surface area contributed by atoms with Crippen molar-refractivity contribution in [1.29, 1.82) is 0 Å². The van der Waals surface area contributed by atoms with E-state index in [4.69, 9.17) is 0 Å². The molecule has 5 rings (SSSR count). The van der Waals surface area contributed by atoms with Gasteiger partial charge in [-0.1, -0.05) is 76.6 Å². The van der Waals surface area contributed by atoms with Crippen molar-refractivity contribution in [2.75, 3.05) is 0 Å². The Bertz CT molecular complexity index is 1220. The third-order valence-corrected chi connectivity index (χ3v) is 5.34. The summed E-state index contributed by atoms with van der Waals surface area (Å²) in [4.78, 5) is 0. The molecule has 0 bridgehead atoms.